The molecule has 4 heterocycles. The number of thioether (sulfide) groups is 1. The minimum absolute atomic E-state index is 0.0325. The number of aryl methyl sites for hydroxylation is 1. The lowest BCUT2D eigenvalue weighted by molar-refractivity contribution is 0.320. The maximum atomic E-state index is 5.12. The zero-order valence-electron chi connectivity index (χ0n) is 16.7. The van der Waals surface area contributed by atoms with Gasteiger partial charge in [0.25, 0.3) is 0 Å². The molecule has 3 aromatic rings. The number of rotatable bonds is 3. The second-order valence-corrected chi connectivity index (χ2v) is 10.1. The highest BCUT2D eigenvalue weighted by Gasteiger charge is 2.44. The summed E-state index contributed by atoms with van der Waals surface area (Å²) < 4.78 is 3.44. The van der Waals surface area contributed by atoms with Gasteiger partial charge in [-0.3, -0.25) is 9.98 Å². The molecule has 5 rings (SSSR count). The molecule has 148 valence electrons. The number of hydrogen-bond acceptors (Lipinski definition) is 4. The maximum absolute atomic E-state index is 5.12. The van der Waals surface area contributed by atoms with Crippen LogP contribution in [0.5, 0.6) is 0 Å². The van der Waals surface area contributed by atoms with Gasteiger partial charge in [0.2, 0.25) is 0 Å². The van der Waals surface area contributed by atoms with Crippen LogP contribution in [0.3, 0.4) is 0 Å². The summed E-state index contributed by atoms with van der Waals surface area (Å²) >= 11 is 5.43. The number of aliphatic imine (C=N–C) groups is 1. The molecule has 0 amide bonds. The minimum atomic E-state index is 0.0325. The van der Waals surface area contributed by atoms with E-state index >= 15 is 0 Å². The van der Waals surface area contributed by atoms with E-state index in [1.165, 1.54) is 22.6 Å². The highest BCUT2D eigenvalue weighted by Crippen LogP contribution is 2.48. The Morgan fingerprint density at radius 2 is 1.90 bits per heavy atom. The first-order chi connectivity index (χ1) is 14.0. The lowest BCUT2D eigenvalue weighted by Crippen LogP contribution is -2.28. The van der Waals surface area contributed by atoms with E-state index in [-0.39, 0.29) is 12.1 Å². The molecule has 2 aromatic heterocycles. The Bertz CT molecular complexity index is 1070. The lowest BCUT2D eigenvalue weighted by Gasteiger charge is -2.27. The molecule has 1 fully saturated rings. The standard InChI is InChI=1S/C23H23BrN4S/c1-14-12-19(16(3)28(14)18-9-7-17(24)8-10-18)22-21(20-6-4-5-11-25-20)26-23-27(22)13-15(2)29-23/h4-12,15,21-22H,13H2,1-3H3/t15-,21+,22-/m0/s1. The number of halogens is 1. The fourth-order valence-electron chi connectivity index (χ4n) is 4.53. The summed E-state index contributed by atoms with van der Waals surface area (Å²) in [7, 11) is 0. The predicted octanol–water partition coefficient (Wildman–Crippen LogP) is 5.84. The smallest absolute Gasteiger partial charge is 0.160 e. The van der Waals surface area contributed by atoms with Gasteiger partial charge in [-0.1, -0.05) is 40.7 Å². The van der Waals surface area contributed by atoms with Gasteiger partial charge in [0.05, 0.1) is 11.7 Å². The normalized spacial score (nSPS) is 23.4. The molecule has 0 bridgehead atoms. The average molecular weight is 467 g/mol. The van der Waals surface area contributed by atoms with E-state index in [9.17, 15) is 0 Å². The Morgan fingerprint density at radius 1 is 1.10 bits per heavy atom. The van der Waals surface area contributed by atoms with Crippen LogP contribution >= 0.6 is 27.7 Å². The molecular formula is C23H23BrN4S. The molecule has 0 N–H and O–H groups in total. The first-order valence-electron chi connectivity index (χ1n) is 9.89. The van der Waals surface area contributed by atoms with Crippen molar-refractivity contribution in [3.05, 3.63) is 81.8 Å². The van der Waals surface area contributed by atoms with Gasteiger partial charge in [-0.2, -0.15) is 0 Å². The molecule has 0 unspecified atom stereocenters. The Hall–Kier alpha value is -2.05. The molecule has 0 radical (unpaired) electrons. The van der Waals surface area contributed by atoms with E-state index in [0.29, 0.717) is 5.25 Å². The van der Waals surface area contributed by atoms with E-state index in [0.717, 1.165) is 21.9 Å². The molecule has 1 saturated heterocycles. The fraction of sp³-hybridized carbons (Fsp3) is 0.304. The van der Waals surface area contributed by atoms with Gasteiger partial charge in [0, 0.05) is 39.5 Å². The van der Waals surface area contributed by atoms with Crippen molar-refractivity contribution in [1.29, 1.82) is 0 Å². The van der Waals surface area contributed by atoms with Crippen LogP contribution in [0.25, 0.3) is 5.69 Å². The third kappa shape index (κ3) is 3.22. The third-order valence-corrected chi connectivity index (χ3v) is 7.39. The molecule has 0 aliphatic carbocycles. The summed E-state index contributed by atoms with van der Waals surface area (Å²) in [5, 5.41) is 1.72. The highest BCUT2D eigenvalue weighted by molar-refractivity contribution is 9.10. The van der Waals surface area contributed by atoms with Crippen molar-refractivity contribution >= 4 is 32.9 Å². The van der Waals surface area contributed by atoms with E-state index in [2.05, 4.69) is 93.6 Å². The molecule has 0 spiro atoms. The van der Waals surface area contributed by atoms with Crippen molar-refractivity contribution in [3.8, 4) is 5.69 Å². The number of amidine groups is 1. The molecule has 3 atom stereocenters. The van der Waals surface area contributed by atoms with Crippen LogP contribution < -0.4 is 0 Å². The highest BCUT2D eigenvalue weighted by atomic mass is 79.9. The topological polar surface area (TPSA) is 33.4 Å². The summed E-state index contributed by atoms with van der Waals surface area (Å²) in [5.74, 6) is 0. The molecule has 0 saturated carbocycles. The van der Waals surface area contributed by atoms with Crippen LogP contribution in [0.15, 0.2) is 64.2 Å². The van der Waals surface area contributed by atoms with Crippen molar-refractivity contribution in [2.24, 2.45) is 4.99 Å². The summed E-state index contributed by atoms with van der Waals surface area (Å²) in [6.07, 6.45) is 1.87. The number of aromatic nitrogens is 2. The van der Waals surface area contributed by atoms with Crippen molar-refractivity contribution < 1.29 is 0 Å². The number of fused-ring (bicyclic) bond motifs is 1. The van der Waals surface area contributed by atoms with Crippen molar-refractivity contribution in [3.63, 3.8) is 0 Å². The van der Waals surface area contributed by atoms with Crippen LogP contribution in [-0.4, -0.2) is 31.4 Å². The lowest BCUT2D eigenvalue weighted by atomic mass is 9.96. The first-order valence-corrected chi connectivity index (χ1v) is 11.6. The quantitative estimate of drug-likeness (QED) is 0.485. The minimum Gasteiger partial charge on any atom is -0.341 e. The van der Waals surface area contributed by atoms with Crippen molar-refractivity contribution in [2.45, 2.75) is 38.1 Å². The summed E-state index contributed by atoms with van der Waals surface area (Å²) in [6, 6.07) is 17.2. The molecule has 29 heavy (non-hydrogen) atoms. The largest absolute Gasteiger partial charge is 0.341 e. The van der Waals surface area contributed by atoms with Crippen molar-refractivity contribution in [1.82, 2.24) is 14.5 Å². The Balaban J connectivity index is 1.62. The zero-order chi connectivity index (χ0) is 20.1. The monoisotopic (exact) mass is 466 g/mol. The van der Waals surface area contributed by atoms with Gasteiger partial charge in [-0.25, -0.2) is 0 Å². The Morgan fingerprint density at radius 3 is 2.62 bits per heavy atom. The predicted molar refractivity (Wildman–Crippen MR) is 124 cm³/mol. The van der Waals surface area contributed by atoms with Crippen LogP contribution in [-0.2, 0) is 0 Å². The second kappa shape index (κ2) is 7.33. The fourth-order valence-corrected chi connectivity index (χ4v) is 5.89. The Labute approximate surface area is 184 Å². The second-order valence-electron chi connectivity index (χ2n) is 7.78. The summed E-state index contributed by atoms with van der Waals surface area (Å²) in [6.45, 7) is 7.72. The van der Waals surface area contributed by atoms with Gasteiger partial charge >= 0.3 is 0 Å². The average Bonchev–Trinajstić information content (AvgIpc) is 3.33. The Kier molecular flexibility index (Phi) is 4.79. The molecule has 6 heteroatoms. The van der Waals surface area contributed by atoms with E-state index in [1.807, 2.05) is 24.0 Å². The number of hydrogen-bond donors (Lipinski definition) is 0. The summed E-state index contributed by atoms with van der Waals surface area (Å²) in [5.41, 5.74) is 6.09. The third-order valence-electron chi connectivity index (χ3n) is 5.76. The van der Waals surface area contributed by atoms with Gasteiger partial charge in [0.1, 0.15) is 6.04 Å². The first kappa shape index (κ1) is 18.9. The van der Waals surface area contributed by atoms with E-state index in [1.54, 1.807) is 0 Å². The van der Waals surface area contributed by atoms with Gasteiger partial charge in [0.15, 0.2) is 5.17 Å². The van der Waals surface area contributed by atoms with Gasteiger partial charge < -0.3 is 9.47 Å². The van der Waals surface area contributed by atoms with Crippen molar-refractivity contribution in [2.75, 3.05) is 6.54 Å². The molecule has 2 aliphatic rings. The van der Waals surface area contributed by atoms with E-state index < -0.39 is 0 Å². The zero-order valence-corrected chi connectivity index (χ0v) is 19.1. The maximum Gasteiger partial charge on any atom is 0.160 e. The number of nitrogens with zero attached hydrogens (tertiary/aromatic N) is 4. The molecular weight excluding hydrogens is 444 g/mol. The van der Waals surface area contributed by atoms with Crippen LogP contribution in [0.4, 0.5) is 0 Å². The number of pyridine rings is 1. The van der Waals surface area contributed by atoms with Crippen LogP contribution in [0, 0.1) is 13.8 Å². The van der Waals surface area contributed by atoms with Gasteiger partial charge in [-0.15, -0.1) is 0 Å². The molecule has 2 aliphatic heterocycles. The summed E-state index contributed by atoms with van der Waals surface area (Å²) in [4.78, 5) is 12.3. The van der Waals surface area contributed by atoms with Crippen LogP contribution in [0.1, 0.15) is 41.7 Å². The SMILES string of the molecule is Cc1cc([C@H]2[C@@H](c3ccccn3)N=C3S[C@@H](C)CN32)c(C)n1-c1ccc(Br)cc1. The van der Waals surface area contributed by atoms with Gasteiger partial charge in [-0.05, 0) is 61.9 Å². The number of benzene rings is 1. The molecule has 1 aromatic carbocycles. The molecule has 4 nitrogen and oxygen atoms in total. The van der Waals surface area contributed by atoms with E-state index in [4.69, 9.17) is 4.99 Å². The van der Waals surface area contributed by atoms with Crippen LogP contribution in [0.2, 0.25) is 0 Å².